The van der Waals surface area contributed by atoms with Crippen LogP contribution < -0.4 is 16.2 Å². The minimum absolute atomic E-state index is 0.0451. The summed E-state index contributed by atoms with van der Waals surface area (Å²) in [6, 6.07) is 11.9. The van der Waals surface area contributed by atoms with Gasteiger partial charge in [-0.3, -0.25) is 34.6 Å². The van der Waals surface area contributed by atoms with Crippen LogP contribution in [0.15, 0.2) is 60.7 Å². The summed E-state index contributed by atoms with van der Waals surface area (Å²) in [5, 5.41) is 71.7. The monoisotopic (exact) mass is 580 g/mol. The maximum atomic E-state index is 13.1. The molecule has 0 saturated heterocycles. The second-order valence-electron chi connectivity index (χ2n) is 8.94. The van der Waals surface area contributed by atoms with Gasteiger partial charge < -0.3 is 35.4 Å². The van der Waals surface area contributed by atoms with Crippen molar-refractivity contribution in [2.75, 3.05) is 6.54 Å². The molecule has 0 fully saturated rings. The molecule has 3 aromatic rings. The van der Waals surface area contributed by atoms with Crippen molar-refractivity contribution in [3.63, 3.8) is 0 Å². The summed E-state index contributed by atoms with van der Waals surface area (Å²) in [6.45, 7) is -1.06. The second-order valence-corrected chi connectivity index (χ2v) is 8.94. The minimum atomic E-state index is -2.11. The Morgan fingerprint density at radius 1 is 0.762 bits per heavy atom. The number of hydrogen-bond acceptors (Lipinski definition) is 11. The van der Waals surface area contributed by atoms with E-state index in [9.17, 15) is 59.8 Å². The van der Waals surface area contributed by atoms with Crippen molar-refractivity contribution >= 4 is 54.3 Å². The third-order valence-electron chi connectivity index (χ3n) is 5.87. The molecule has 0 spiro atoms. The average Bonchev–Trinajstić information content (AvgIpc) is 2.94. The lowest BCUT2D eigenvalue weighted by Gasteiger charge is -2.21. The number of nitro groups is 2. The molecule has 6 N–H and O–H groups in total. The number of amides is 2. The quantitative estimate of drug-likeness (QED) is 0.0815. The van der Waals surface area contributed by atoms with E-state index >= 15 is 0 Å². The van der Waals surface area contributed by atoms with Crippen LogP contribution in [-0.2, 0) is 17.9 Å². The third-order valence-corrected chi connectivity index (χ3v) is 5.87. The van der Waals surface area contributed by atoms with Gasteiger partial charge in [0.2, 0.25) is 0 Å². The van der Waals surface area contributed by atoms with Crippen LogP contribution in [0, 0.1) is 20.2 Å². The summed E-state index contributed by atoms with van der Waals surface area (Å²) in [6.07, 6.45) is 0. The SMILES string of the molecule is O=C(O)CN(Cc1ccc(CNC(=O)c2cc(B(O)O)cc([N+](=O)[O-])c2)cc1)C(=O)c1cc(B(O)O)cc([N+](=O)[O-])c1. The Balaban J connectivity index is 1.75. The molecule has 0 aliphatic heterocycles. The molecule has 18 heteroatoms. The summed E-state index contributed by atoms with van der Waals surface area (Å²) in [5.74, 6) is -3.01. The smallest absolute Gasteiger partial charge is 0.480 e. The number of benzene rings is 3. The number of nitrogens with one attached hydrogen (secondary N) is 1. The molecular formula is C24H22B2N4O12. The Labute approximate surface area is 237 Å². The molecule has 216 valence electrons. The number of hydrogen-bond donors (Lipinski definition) is 6. The molecule has 0 radical (unpaired) electrons. The van der Waals surface area contributed by atoms with E-state index in [1.165, 1.54) is 12.1 Å². The fraction of sp³-hybridized carbons (Fsp3) is 0.125. The molecule has 0 bridgehead atoms. The molecule has 0 aliphatic carbocycles. The standard InChI is InChI=1S/C24H22B2N4O12/c31-22(32)13-28(24(34)17-6-19(26(37)38)10-21(8-17)30(41)42)12-15-3-1-14(2-4-15)11-27-23(33)16-5-18(25(35)36)9-20(7-16)29(39)40/h1-10,35-38H,11-13H2,(H,27,33)(H,31,32). The van der Waals surface area contributed by atoms with Crippen LogP contribution >= 0.6 is 0 Å². The van der Waals surface area contributed by atoms with E-state index in [4.69, 9.17) is 0 Å². The maximum absolute atomic E-state index is 13.1. The topological polar surface area (TPSA) is 254 Å². The Morgan fingerprint density at radius 3 is 1.71 bits per heavy atom. The van der Waals surface area contributed by atoms with Crippen molar-refractivity contribution in [1.82, 2.24) is 10.2 Å². The van der Waals surface area contributed by atoms with Crippen LogP contribution in [0.3, 0.4) is 0 Å². The molecule has 0 heterocycles. The molecule has 16 nitrogen and oxygen atoms in total. The maximum Gasteiger partial charge on any atom is 0.488 e. The molecule has 0 aliphatic rings. The molecule has 0 saturated carbocycles. The zero-order chi connectivity index (χ0) is 31.1. The van der Waals surface area contributed by atoms with Crippen LogP contribution in [0.5, 0.6) is 0 Å². The van der Waals surface area contributed by atoms with Crippen LogP contribution in [0.1, 0.15) is 31.8 Å². The number of carbonyl (C=O) groups excluding carboxylic acids is 2. The van der Waals surface area contributed by atoms with Crippen LogP contribution in [0.2, 0.25) is 0 Å². The van der Waals surface area contributed by atoms with E-state index in [2.05, 4.69) is 5.32 Å². The summed E-state index contributed by atoms with van der Waals surface area (Å²) in [5.41, 5.74) is -1.18. The fourth-order valence-corrected chi connectivity index (χ4v) is 3.85. The summed E-state index contributed by atoms with van der Waals surface area (Å²) in [7, 11) is -4.14. The Bertz CT molecular complexity index is 1530. The lowest BCUT2D eigenvalue weighted by atomic mass is 9.79. The van der Waals surface area contributed by atoms with E-state index in [0.29, 0.717) is 11.1 Å². The first-order chi connectivity index (χ1) is 19.7. The number of non-ortho nitro benzene ring substituents is 2. The zero-order valence-electron chi connectivity index (χ0n) is 21.5. The van der Waals surface area contributed by atoms with E-state index in [-0.39, 0.29) is 35.1 Å². The first-order valence-electron chi connectivity index (χ1n) is 11.9. The number of nitro benzene ring substituents is 2. The van der Waals surface area contributed by atoms with Gasteiger partial charge in [-0.15, -0.1) is 0 Å². The highest BCUT2D eigenvalue weighted by Gasteiger charge is 2.25. The Morgan fingerprint density at radius 2 is 1.24 bits per heavy atom. The third kappa shape index (κ3) is 8.18. The van der Waals surface area contributed by atoms with Crippen molar-refractivity contribution in [1.29, 1.82) is 0 Å². The van der Waals surface area contributed by atoms with Gasteiger partial charge in [-0.1, -0.05) is 24.3 Å². The fourth-order valence-electron chi connectivity index (χ4n) is 3.85. The van der Waals surface area contributed by atoms with Crippen molar-refractivity contribution in [2.45, 2.75) is 13.1 Å². The predicted molar refractivity (Wildman–Crippen MR) is 146 cm³/mol. The van der Waals surface area contributed by atoms with Gasteiger partial charge in [-0.05, 0) is 34.2 Å². The zero-order valence-corrected chi connectivity index (χ0v) is 21.5. The lowest BCUT2D eigenvalue weighted by molar-refractivity contribution is -0.385. The molecular weight excluding hydrogens is 558 g/mol. The first-order valence-corrected chi connectivity index (χ1v) is 11.9. The van der Waals surface area contributed by atoms with Gasteiger partial charge >= 0.3 is 20.2 Å². The lowest BCUT2D eigenvalue weighted by Crippen LogP contribution is -2.37. The number of rotatable bonds is 12. The molecule has 2 amide bonds. The first kappa shape index (κ1) is 31.4. The van der Waals surface area contributed by atoms with Gasteiger partial charge in [0.1, 0.15) is 6.54 Å². The largest absolute Gasteiger partial charge is 0.488 e. The van der Waals surface area contributed by atoms with Gasteiger partial charge in [-0.2, -0.15) is 0 Å². The molecule has 0 aromatic heterocycles. The number of aliphatic carboxylic acids is 1. The van der Waals surface area contributed by atoms with Crippen molar-refractivity contribution in [2.24, 2.45) is 0 Å². The van der Waals surface area contributed by atoms with Crippen molar-refractivity contribution in [3.05, 3.63) is 103 Å². The number of nitrogens with zero attached hydrogens (tertiary/aromatic N) is 3. The number of carbonyl (C=O) groups is 3. The van der Waals surface area contributed by atoms with Crippen molar-refractivity contribution < 1.29 is 49.4 Å². The number of carboxylic acid groups (broad SMARTS) is 1. The second kappa shape index (κ2) is 13.5. The van der Waals surface area contributed by atoms with Gasteiger partial charge in [-0.25, -0.2) is 0 Å². The summed E-state index contributed by atoms with van der Waals surface area (Å²) < 4.78 is 0. The Kier molecular flexibility index (Phi) is 10.1. The van der Waals surface area contributed by atoms with Gasteiger partial charge in [0.25, 0.3) is 23.2 Å². The number of carboxylic acids is 1. The van der Waals surface area contributed by atoms with Crippen LogP contribution in [0.4, 0.5) is 11.4 Å². The van der Waals surface area contributed by atoms with E-state index in [1.807, 2.05) is 0 Å². The van der Waals surface area contributed by atoms with Crippen LogP contribution in [-0.4, -0.2) is 78.5 Å². The van der Waals surface area contributed by atoms with Crippen LogP contribution in [0.25, 0.3) is 0 Å². The summed E-state index contributed by atoms with van der Waals surface area (Å²) in [4.78, 5) is 58.7. The molecule has 3 aromatic carbocycles. The molecule has 3 rings (SSSR count). The summed E-state index contributed by atoms with van der Waals surface area (Å²) >= 11 is 0. The molecule has 0 unspecified atom stereocenters. The van der Waals surface area contributed by atoms with E-state index in [1.54, 1.807) is 12.1 Å². The van der Waals surface area contributed by atoms with Crippen molar-refractivity contribution in [3.8, 4) is 0 Å². The highest BCUT2D eigenvalue weighted by atomic mass is 16.6. The molecule has 0 atom stereocenters. The average molecular weight is 580 g/mol. The van der Waals surface area contributed by atoms with E-state index < -0.39 is 59.8 Å². The van der Waals surface area contributed by atoms with Gasteiger partial charge in [0.05, 0.1) is 9.85 Å². The highest BCUT2D eigenvalue weighted by molar-refractivity contribution is 6.59. The van der Waals surface area contributed by atoms with E-state index in [0.717, 1.165) is 41.3 Å². The Hall–Kier alpha value is -5.16. The normalized spacial score (nSPS) is 10.5. The van der Waals surface area contributed by atoms with Gasteiger partial charge in [0, 0.05) is 48.5 Å². The van der Waals surface area contributed by atoms with Gasteiger partial charge in [0.15, 0.2) is 0 Å². The predicted octanol–water partition coefficient (Wildman–Crippen LogP) is -1.48. The highest BCUT2D eigenvalue weighted by Crippen LogP contribution is 2.17. The molecule has 42 heavy (non-hydrogen) atoms. The minimum Gasteiger partial charge on any atom is -0.480 e.